The average Bonchev–Trinajstić information content (AvgIpc) is 2.78. The molecule has 0 fully saturated rings. The molecule has 158 valence electrons. The van der Waals surface area contributed by atoms with Crippen LogP contribution in [0.25, 0.3) is 0 Å². The van der Waals surface area contributed by atoms with Gasteiger partial charge in [-0.2, -0.15) is 0 Å². The fourth-order valence-corrected chi connectivity index (χ4v) is 2.49. The van der Waals surface area contributed by atoms with E-state index < -0.39 is 12.2 Å². The van der Waals surface area contributed by atoms with E-state index in [0.717, 1.165) is 22.3 Å². The molecule has 8 nitrogen and oxygen atoms in total. The first-order chi connectivity index (χ1) is 14.6. The van der Waals surface area contributed by atoms with Gasteiger partial charge in [-0.3, -0.25) is 0 Å². The summed E-state index contributed by atoms with van der Waals surface area (Å²) in [5.41, 5.74) is 15.0. The molecular formula is C22H26N4O4. The van der Waals surface area contributed by atoms with Crippen molar-refractivity contribution >= 4 is 12.2 Å². The van der Waals surface area contributed by atoms with Crippen LogP contribution in [-0.2, 0) is 35.7 Å². The lowest BCUT2D eigenvalue weighted by molar-refractivity contribution is 0.156. The van der Waals surface area contributed by atoms with Gasteiger partial charge in [0.25, 0.3) is 0 Å². The Balaban J connectivity index is 1.58. The molecule has 0 bridgehead atoms. The van der Waals surface area contributed by atoms with Crippen molar-refractivity contribution in [2.45, 2.75) is 26.2 Å². The summed E-state index contributed by atoms with van der Waals surface area (Å²) in [5.74, 6) is 5.22. The van der Waals surface area contributed by atoms with Crippen molar-refractivity contribution in [1.82, 2.24) is 10.6 Å². The minimum absolute atomic E-state index is 0.106. The second kappa shape index (κ2) is 12.8. The highest BCUT2D eigenvalue weighted by atomic mass is 16.6. The maximum Gasteiger partial charge on any atom is 0.408 e. The van der Waals surface area contributed by atoms with E-state index >= 15 is 0 Å². The lowest BCUT2D eigenvalue weighted by Gasteiger charge is -2.06. The Morgan fingerprint density at radius 1 is 0.733 bits per heavy atom. The van der Waals surface area contributed by atoms with Crippen LogP contribution in [0.1, 0.15) is 22.3 Å². The summed E-state index contributed by atoms with van der Waals surface area (Å²) in [6.45, 7) is 1.33. The summed E-state index contributed by atoms with van der Waals surface area (Å²) in [6, 6.07) is 15.2. The van der Waals surface area contributed by atoms with Gasteiger partial charge in [0.15, 0.2) is 13.2 Å². The van der Waals surface area contributed by atoms with E-state index in [1.165, 1.54) is 0 Å². The van der Waals surface area contributed by atoms with Gasteiger partial charge in [-0.25, -0.2) is 9.59 Å². The molecule has 0 aliphatic rings. The van der Waals surface area contributed by atoms with Crippen LogP contribution in [-0.4, -0.2) is 25.4 Å². The fourth-order valence-electron chi connectivity index (χ4n) is 2.49. The zero-order chi connectivity index (χ0) is 21.6. The molecule has 0 aliphatic heterocycles. The van der Waals surface area contributed by atoms with E-state index in [0.29, 0.717) is 26.2 Å². The third kappa shape index (κ3) is 8.65. The van der Waals surface area contributed by atoms with Crippen LogP contribution in [0.3, 0.4) is 0 Å². The molecule has 2 rings (SSSR count). The molecule has 0 heterocycles. The lowest BCUT2D eigenvalue weighted by atomic mass is 10.1. The van der Waals surface area contributed by atoms with Gasteiger partial charge in [-0.05, 0) is 22.3 Å². The minimum Gasteiger partial charge on any atom is -0.436 e. The van der Waals surface area contributed by atoms with Crippen molar-refractivity contribution in [3.63, 3.8) is 0 Å². The van der Waals surface area contributed by atoms with Crippen LogP contribution < -0.4 is 22.1 Å². The van der Waals surface area contributed by atoms with Crippen LogP contribution >= 0.6 is 0 Å². The van der Waals surface area contributed by atoms with Crippen molar-refractivity contribution in [2.24, 2.45) is 11.5 Å². The van der Waals surface area contributed by atoms with Crippen molar-refractivity contribution in [3.8, 4) is 11.8 Å². The molecule has 2 amide bonds. The minimum atomic E-state index is -0.583. The number of carbonyl (C=O) groups is 2. The first-order valence-electron chi connectivity index (χ1n) is 9.43. The largest absolute Gasteiger partial charge is 0.436 e. The van der Waals surface area contributed by atoms with Crippen LogP contribution in [0.2, 0.25) is 0 Å². The third-order valence-corrected chi connectivity index (χ3v) is 4.00. The Morgan fingerprint density at radius 2 is 1.13 bits per heavy atom. The molecule has 0 saturated carbocycles. The number of nitrogens with two attached hydrogens (primary N) is 2. The van der Waals surface area contributed by atoms with Gasteiger partial charge in [0.1, 0.15) is 0 Å². The van der Waals surface area contributed by atoms with E-state index in [1.54, 1.807) is 0 Å². The Bertz CT molecular complexity index is 834. The Labute approximate surface area is 175 Å². The normalized spacial score (nSPS) is 9.80. The molecule has 0 atom stereocenters. The summed E-state index contributed by atoms with van der Waals surface area (Å²) in [5, 5.41) is 5.25. The molecule has 0 unspecified atom stereocenters. The zero-order valence-electron chi connectivity index (χ0n) is 16.6. The number of ether oxygens (including phenoxy) is 2. The van der Waals surface area contributed by atoms with Crippen molar-refractivity contribution in [1.29, 1.82) is 0 Å². The van der Waals surface area contributed by atoms with Crippen LogP contribution in [0.5, 0.6) is 0 Å². The molecule has 2 aromatic rings. The zero-order valence-corrected chi connectivity index (χ0v) is 16.6. The number of amides is 2. The first kappa shape index (κ1) is 22.7. The number of nitrogens with one attached hydrogen (secondary N) is 2. The van der Waals surface area contributed by atoms with Crippen molar-refractivity contribution in [2.75, 3.05) is 13.2 Å². The predicted octanol–water partition coefficient (Wildman–Crippen LogP) is 1.76. The molecule has 8 heteroatoms. The van der Waals surface area contributed by atoms with E-state index in [-0.39, 0.29) is 13.2 Å². The van der Waals surface area contributed by atoms with Gasteiger partial charge in [-0.15, -0.1) is 0 Å². The molecule has 0 radical (unpaired) electrons. The van der Waals surface area contributed by atoms with E-state index in [9.17, 15) is 9.59 Å². The Kier molecular flexibility index (Phi) is 9.73. The number of benzene rings is 2. The monoisotopic (exact) mass is 410 g/mol. The summed E-state index contributed by atoms with van der Waals surface area (Å²) in [6.07, 6.45) is -1.17. The Hall–Kier alpha value is -3.54. The summed E-state index contributed by atoms with van der Waals surface area (Å²) < 4.78 is 9.88. The quantitative estimate of drug-likeness (QED) is 0.491. The number of rotatable bonds is 8. The topological polar surface area (TPSA) is 129 Å². The maximum atomic E-state index is 11.6. The molecular weight excluding hydrogens is 384 g/mol. The molecule has 0 saturated heterocycles. The standard InChI is InChI=1S/C22H26N4O4/c23-13-17-5-3-7-19(11-17)15-25-21(27)29-9-1-2-10-30-22(28)26-16-20-8-4-6-18(12-20)14-24/h3-8,11-12H,9-10,13-16,23-24H2,(H,25,27)(H,26,28). The fraction of sp³-hybridized carbons (Fsp3) is 0.273. The highest BCUT2D eigenvalue weighted by molar-refractivity contribution is 5.68. The van der Waals surface area contributed by atoms with Gasteiger partial charge in [0, 0.05) is 26.2 Å². The number of hydrogen-bond acceptors (Lipinski definition) is 6. The lowest BCUT2D eigenvalue weighted by Crippen LogP contribution is -2.24. The smallest absolute Gasteiger partial charge is 0.408 e. The number of carbonyl (C=O) groups excluding carboxylic acids is 2. The van der Waals surface area contributed by atoms with Crippen LogP contribution in [0.4, 0.5) is 9.59 Å². The number of alkyl carbamates (subject to hydrolysis) is 2. The van der Waals surface area contributed by atoms with Gasteiger partial charge < -0.3 is 31.6 Å². The molecule has 0 aromatic heterocycles. The molecule has 2 aromatic carbocycles. The van der Waals surface area contributed by atoms with E-state index in [4.69, 9.17) is 20.9 Å². The van der Waals surface area contributed by atoms with Crippen molar-refractivity contribution < 1.29 is 19.1 Å². The van der Waals surface area contributed by atoms with Gasteiger partial charge in [0.2, 0.25) is 0 Å². The van der Waals surface area contributed by atoms with Crippen LogP contribution in [0.15, 0.2) is 48.5 Å². The Morgan fingerprint density at radius 3 is 1.53 bits per heavy atom. The van der Waals surface area contributed by atoms with E-state index in [1.807, 2.05) is 48.5 Å². The first-order valence-corrected chi connectivity index (χ1v) is 9.43. The predicted molar refractivity (Wildman–Crippen MR) is 113 cm³/mol. The van der Waals surface area contributed by atoms with Gasteiger partial charge in [-0.1, -0.05) is 60.4 Å². The molecule has 0 aliphatic carbocycles. The summed E-state index contributed by atoms with van der Waals surface area (Å²) in [7, 11) is 0. The van der Waals surface area contributed by atoms with Gasteiger partial charge >= 0.3 is 12.2 Å². The SMILES string of the molecule is NCc1cccc(CNC(=O)OCC#CCOC(=O)NCc2cccc(CN)c2)c1. The summed E-state index contributed by atoms with van der Waals surface area (Å²) in [4.78, 5) is 23.3. The highest BCUT2D eigenvalue weighted by Gasteiger charge is 2.02. The molecule has 6 N–H and O–H groups in total. The average molecular weight is 410 g/mol. The van der Waals surface area contributed by atoms with Gasteiger partial charge in [0.05, 0.1) is 0 Å². The second-order valence-electron chi connectivity index (χ2n) is 6.26. The summed E-state index contributed by atoms with van der Waals surface area (Å²) >= 11 is 0. The van der Waals surface area contributed by atoms with Crippen molar-refractivity contribution in [3.05, 3.63) is 70.8 Å². The number of hydrogen-bond donors (Lipinski definition) is 4. The second-order valence-corrected chi connectivity index (χ2v) is 6.26. The molecule has 0 spiro atoms. The third-order valence-electron chi connectivity index (χ3n) is 4.00. The van der Waals surface area contributed by atoms with Crippen LogP contribution in [0, 0.1) is 11.8 Å². The van der Waals surface area contributed by atoms with E-state index in [2.05, 4.69) is 22.5 Å². The highest BCUT2D eigenvalue weighted by Crippen LogP contribution is 2.05. The molecule has 30 heavy (non-hydrogen) atoms. The maximum absolute atomic E-state index is 11.6.